The Bertz CT molecular complexity index is 475. The van der Waals surface area contributed by atoms with Crippen LogP contribution in [0.25, 0.3) is 0 Å². The molecule has 0 aromatic heterocycles. The van der Waals surface area contributed by atoms with Crippen LogP contribution in [-0.4, -0.2) is 41.1 Å². The van der Waals surface area contributed by atoms with E-state index in [1.807, 2.05) is 12.1 Å². The number of aliphatic hydroxyl groups excluding tert-OH is 1. The number of β-amino-alcohol motifs (C(OH)–C–C–N with tert-alkyl or cyclic N) is 1. The van der Waals surface area contributed by atoms with Crippen LogP contribution in [0.2, 0.25) is 0 Å². The van der Waals surface area contributed by atoms with Gasteiger partial charge in [-0.2, -0.15) is 0 Å². The Morgan fingerprint density at radius 1 is 1.32 bits per heavy atom. The standard InChI is InChI=1S/C15H20N2O2/c18-13-6-3-7-17(10-13)15(19)14-8-11-4-1-2-5-12(11)9-16-14/h1-2,4-5,13-14,16,18H,3,6-10H2/t13-,14?/m0/s1. The Kier molecular flexibility index (Phi) is 3.53. The van der Waals surface area contributed by atoms with Gasteiger partial charge in [-0.1, -0.05) is 24.3 Å². The number of carbonyl (C=O) groups excluding carboxylic acids is 1. The minimum absolute atomic E-state index is 0.133. The molecule has 0 saturated carbocycles. The highest BCUT2D eigenvalue weighted by molar-refractivity contribution is 5.82. The zero-order valence-corrected chi connectivity index (χ0v) is 11.0. The van der Waals surface area contributed by atoms with E-state index >= 15 is 0 Å². The fourth-order valence-electron chi connectivity index (χ4n) is 3.00. The molecule has 0 spiro atoms. The summed E-state index contributed by atoms with van der Waals surface area (Å²) in [4.78, 5) is 14.3. The van der Waals surface area contributed by atoms with Gasteiger partial charge in [-0.25, -0.2) is 0 Å². The molecular formula is C15H20N2O2. The van der Waals surface area contributed by atoms with Gasteiger partial charge in [-0.15, -0.1) is 0 Å². The molecule has 0 radical (unpaired) electrons. The maximum atomic E-state index is 12.5. The van der Waals surface area contributed by atoms with Crippen molar-refractivity contribution in [1.29, 1.82) is 0 Å². The zero-order valence-electron chi connectivity index (χ0n) is 11.0. The minimum atomic E-state index is -0.353. The number of piperidine rings is 1. The molecule has 1 saturated heterocycles. The van der Waals surface area contributed by atoms with Gasteiger partial charge in [-0.05, 0) is 30.4 Å². The summed E-state index contributed by atoms with van der Waals surface area (Å²) in [5.74, 6) is 0.133. The van der Waals surface area contributed by atoms with Gasteiger partial charge >= 0.3 is 0 Å². The molecule has 1 fully saturated rings. The van der Waals surface area contributed by atoms with Crippen LogP contribution in [0.5, 0.6) is 0 Å². The largest absolute Gasteiger partial charge is 0.391 e. The van der Waals surface area contributed by atoms with E-state index in [2.05, 4.69) is 17.4 Å². The highest BCUT2D eigenvalue weighted by Crippen LogP contribution is 2.19. The fourth-order valence-corrected chi connectivity index (χ4v) is 3.00. The smallest absolute Gasteiger partial charge is 0.240 e. The number of hydrogen-bond donors (Lipinski definition) is 2. The molecule has 3 rings (SSSR count). The number of nitrogens with one attached hydrogen (secondary N) is 1. The number of fused-ring (bicyclic) bond motifs is 1. The van der Waals surface area contributed by atoms with Gasteiger partial charge in [0.2, 0.25) is 5.91 Å². The first-order valence-electron chi connectivity index (χ1n) is 7.01. The minimum Gasteiger partial charge on any atom is -0.391 e. The second kappa shape index (κ2) is 5.31. The number of likely N-dealkylation sites (tertiary alicyclic amines) is 1. The van der Waals surface area contributed by atoms with Crippen molar-refractivity contribution in [3.8, 4) is 0 Å². The van der Waals surface area contributed by atoms with Crippen LogP contribution in [0.3, 0.4) is 0 Å². The molecule has 102 valence electrons. The second-order valence-electron chi connectivity index (χ2n) is 5.49. The molecule has 2 aliphatic heterocycles. The molecule has 2 aliphatic rings. The molecule has 0 aliphatic carbocycles. The third-order valence-electron chi connectivity index (χ3n) is 4.09. The first-order chi connectivity index (χ1) is 9.24. The molecule has 2 heterocycles. The second-order valence-corrected chi connectivity index (χ2v) is 5.49. The number of benzene rings is 1. The molecular weight excluding hydrogens is 240 g/mol. The summed E-state index contributed by atoms with van der Waals surface area (Å²) in [5, 5.41) is 13.0. The first kappa shape index (κ1) is 12.6. The molecule has 2 N–H and O–H groups in total. The van der Waals surface area contributed by atoms with Gasteiger partial charge in [-0.3, -0.25) is 4.79 Å². The number of amides is 1. The molecule has 0 bridgehead atoms. The average molecular weight is 260 g/mol. The summed E-state index contributed by atoms with van der Waals surface area (Å²) in [7, 11) is 0. The monoisotopic (exact) mass is 260 g/mol. The molecule has 19 heavy (non-hydrogen) atoms. The predicted molar refractivity (Wildman–Crippen MR) is 72.6 cm³/mol. The van der Waals surface area contributed by atoms with Crippen molar-refractivity contribution < 1.29 is 9.90 Å². The van der Waals surface area contributed by atoms with Gasteiger partial charge in [0, 0.05) is 19.6 Å². The Hall–Kier alpha value is -1.39. The summed E-state index contributed by atoms with van der Waals surface area (Å²) >= 11 is 0. The lowest BCUT2D eigenvalue weighted by atomic mass is 9.94. The van der Waals surface area contributed by atoms with E-state index in [0.29, 0.717) is 6.54 Å². The summed E-state index contributed by atoms with van der Waals surface area (Å²) in [5.41, 5.74) is 2.54. The van der Waals surface area contributed by atoms with Crippen molar-refractivity contribution in [1.82, 2.24) is 10.2 Å². The number of rotatable bonds is 1. The van der Waals surface area contributed by atoms with E-state index in [1.54, 1.807) is 4.90 Å². The maximum Gasteiger partial charge on any atom is 0.240 e. The summed E-state index contributed by atoms with van der Waals surface area (Å²) < 4.78 is 0. The molecule has 4 nitrogen and oxygen atoms in total. The fraction of sp³-hybridized carbons (Fsp3) is 0.533. The lowest BCUT2D eigenvalue weighted by molar-refractivity contribution is -0.136. The molecule has 4 heteroatoms. The molecule has 1 aromatic carbocycles. The quantitative estimate of drug-likeness (QED) is 0.781. The van der Waals surface area contributed by atoms with Crippen molar-refractivity contribution in [3.63, 3.8) is 0 Å². The van der Waals surface area contributed by atoms with Gasteiger partial charge in [0.1, 0.15) is 0 Å². The van der Waals surface area contributed by atoms with Gasteiger partial charge < -0.3 is 15.3 Å². The Morgan fingerprint density at radius 3 is 2.89 bits per heavy atom. The van der Waals surface area contributed by atoms with Crippen molar-refractivity contribution in [2.75, 3.05) is 13.1 Å². The molecule has 1 unspecified atom stereocenters. The van der Waals surface area contributed by atoms with Crippen molar-refractivity contribution in [3.05, 3.63) is 35.4 Å². The van der Waals surface area contributed by atoms with Gasteiger partial charge in [0.15, 0.2) is 0 Å². The number of aliphatic hydroxyl groups is 1. The zero-order chi connectivity index (χ0) is 13.2. The summed E-state index contributed by atoms with van der Waals surface area (Å²) in [6.45, 7) is 2.01. The third kappa shape index (κ3) is 2.65. The Balaban J connectivity index is 1.69. The van der Waals surface area contributed by atoms with Crippen LogP contribution in [0, 0.1) is 0 Å². The first-order valence-corrected chi connectivity index (χ1v) is 7.01. The van der Waals surface area contributed by atoms with Crippen LogP contribution in [0.4, 0.5) is 0 Å². The van der Waals surface area contributed by atoms with Crippen molar-refractivity contribution >= 4 is 5.91 Å². The Morgan fingerprint density at radius 2 is 2.11 bits per heavy atom. The summed E-state index contributed by atoms with van der Waals surface area (Å²) in [6.07, 6.45) is 2.11. The van der Waals surface area contributed by atoms with E-state index < -0.39 is 0 Å². The van der Waals surface area contributed by atoms with Gasteiger partial charge in [0.05, 0.1) is 12.1 Å². The highest BCUT2D eigenvalue weighted by Gasteiger charge is 2.30. The van der Waals surface area contributed by atoms with Crippen LogP contribution in [0.1, 0.15) is 24.0 Å². The van der Waals surface area contributed by atoms with E-state index in [-0.39, 0.29) is 18.1 Å². The highest BCUT2D eigenvalue weighted by atomic mass is 16.3. The number of nitrogens with zero attached hydrogens (tertiary/aromatic N) is 1. The van der Waals surface area contributed by atoms with Crippen LogP contribution in [0.15, 0.2) is 24.3 Å². The van der Waals surface area contributed by atoms with E-state index in [9.17, 15) is 9.90 Å². The summed E-state index contributed by atoms with van der Waals surface area (Å²) in [6, 6.07) is 8.12. The molecule has 1 amide bonds. The Labute approximate surface area is 113 Å². The van der Waals surface area contributed by atoms with Gasteiger partial charge in [0.25, 0.3) is 0 Å². The average Bonchev–Trinajstić information content (AvgIpc) is 2.46. The molecule has 1 aromatic rings. The molecule has 2 atom stereocenters. The van der Waals surface area contributed by atoms with Crippen molar-refractivity contribution in [2.45, 2.75) is 38.0 Å². The number of hydrogen-bond acceptors (Lipinski definition) is 3. The van der Waals surface area contributed by atoms with Crippen LogP contribution >= 0.6 is 0 Å². The lowest BCUT2D eigenvalue weighted by Gasteiger charge is -2.34. The topological polar surface area (TPSA) is 52.6 Å². The number of carbonyl (C=O) groups is 1. The lowest BCUT2D eigenvalue weighted by Crippen LogP contribution is -2.52. The van der Waals surface area contributed by atoms with E-state index in [0.717, 1.165) is 32.4 Å². The normalized spacial score (nSPS) is 26.9. The SMILES string of the molecule is O=C(C1Cc2ccccc2CN1)N1CCC[C@H](O)C1. The van der Waals surface area contributed by atoms with E-state index in [1.165, 1.54) is 11.1 Å². The van der Waals surface area contributed by atoms with Crippen LogP contribution in [-0.2, 0) is 17.8 Å². The van der Waals surface area contributed by atoms with Crippen molar-refractivity contribution in [2.24, 2.45) is 0 Å². The predicted octanol–water partition coefficient (Wildman–Crippen LogP) is 0.684. The van der Waals surface area contributed by atoms with Crippen LogP contribution < -0.4 is 5.32 Å². The third-order valence-corrected chi connectivity index (χ3v) is 4.09. The maximum absolute atomic E-state index is 12.5. The van der Waals surface area contributed by atoms with E-state index in [4.69, 9.17) is 0 Å².